The molecule has 1 aromatic rings. The molecule has 0 radical (unpaired) electrons. The van der Waals surface area contributed by atoms with Gasteiger partial charge in [-0.05, 0) is 18.2 Å². The Kier molecular flexibility index (Phi) is 2.94. The number of sulfone groups is 1. The van der Waals surface area contributed by atoms with Crippen molar-refractivity contribution in [2.75, 3.05) is 35.2 Å². The first-order valence-electron chi connectivity index (χ1n) is 5.27. The Labute approximate surface area is 100 Å². The summed E-state index contributed by atoms with van der Waals surface area (Å²) in [7, 11) is -2.90. The topological polar surface area (TPSA) is 87.2 Å². The standard InChI is InChI=1S/C11H13N3O2S/c12-8-9-1-2-10(13)11(7-9)14-3-5-17(15,16)6-4-14/h1-2,7H,3-6,13H2. The third-order valence-corrected chi connectivity index (χ3v) is 4.45. The molecule has 0 aliphatic carbocycles. The van der Waals surface area contributed by atoms with Crippen LogP contribution in [-0.2, 0) is 9.84 Å². The largest absolute Gasteiger partial charge is 0.397 e. The van der Waals surface area contributed by atoms with Gasteiger partial charge in [-0.25, -0.2) is 8.42 Å². The Morgan fingerprint density at radius 2 is 1.94 bits per heavy atom. The predicted molar refractivity (Wildman–Crippen MR) is 66.4 cm³/mol. The van der Waals surface area contributed by atoms with Crippen LogP contribution in [0.5, 0.6) is 0 Å². The number of benzene rings is 1. The summed E-state index contributed by atoms with van der Waals surface area (Å²) in [4.78, 5) is 1.91. The molecule has 6 heteroatoms. The van der Waals surface area contributed by atoms with Crippen molar-refractivity contribution in [2.24, 2.45) is 0 Å². The van der Waals surface area contributed by atoms with Gasteiger partial charge < -0.3 is 10.6 Å². The van der Waals surface area contributed by atoms with E-state index in [0.717, 1.165) is 5.69 Å². The maximum Gasteiger partial charge on any atom is 0.153 e. The number of nitrogens with zero attached hydrogens (tertiary/aromatic N) is 2. The van der Waals surface area contributed by atoms with Crippen molar-refractivity contribution >= 4 is 21.2 Å². The SMILES string of the molecule is N#Cc1ccc(N)c(N2CCS(=O)(=O)CC2)c1. The average molecular weight is 251 g/mol. The third-order valence-electron chi connectivity index (χ3n) is 2.84. The highest BCUT2D eigenvalue weighted by molar-refractivity contribution is 7.91. The Bertz CT molecular complexity index is 561. The van der Waals surface area contributed by atoms with E-state index in [9.17, 15) is 8.42 Å². The van der Waals surface area contributed by atoms with Gasteiger partial charge in [0.25, 0.3) is 0 Å². The van der Waals surface area contributed by atoms with Gasteiger partial charge in [0.1, 0.15) is 0 Å². The lowest BCUT2D eigenvalue weighted by Crippen LogP contribution is -2.40. The summed E-state index contributed by atoms with van der Waals surface area (Å²) in [5.74, 6) is 0.284. The molecule has 0 atom stereocenters. The fourth-order valence-corrected chi connectivity index (χ4v) is 3.04. The summed E-state index contributed by atoms with van der Waals surface area (Å²) in [6.45, 7) is 0.864. The molecule has 1 aromatic carbocycles. The van der Waals surface area contributed by atoms with Crippen molar-refractivity contribution < 1.29 is 8.42 Å². The highest BCUT2D eigenvalue weighted by Crippen LogP contribution is 2.25. The number of anilines is 2. The third kappa shape index (κ3) is 2.50. The maximum absolute atomic E-state index is 11.3. The molecule has 0 spiro atoms. The molecule has 5 nitrogen and oxygen atoms in total. The van der Waals surface area contributed by atoms with Gasteiger partial charge in [0.15, 0.2) is 9.84 Å². The molecule has 1 heterocycles. The summed E-state index contributed by atoms with van der Waals surface area (Å²) in [5.41, 5.74) is 7.69. The van der Waals surface area contributed by atoms with Crippen LogP contribution in [0.15, 0.2) is 18.2 Å². The molecule has 1 aliphatic heterocycles. The van der Waals surface area contributed by atoms with Crippen LogP contribution in [0.4, 0.5) is 11.4 Å². The minimum Gasteiger partial charge on any atom is -0.397 e. The van der Waals surface area contributed by atoms with E-state index in [0.29, 0.717) is 24.3 Å². The van der Waals surface area contributed by atoms with Crippen molar-refractivity contribution in [3.05, 3.63) is 23.8 Å². The second kappa shape index (κ2) is 4.26. The highest BCUT2D eigenvalue weighted by atomic mass is 32.2. The zero-order valence-corrected chi connectivity index (χ0v) is 10.1. The van der Waals surface area contributed by atoms with Gasteiger partial charge in [0.2, 0.25) is 0 Å². The zero-order chi connectivity index (χ0) is 12.5. The van der Waals surface area contributed by atoms with E-state index in [2.05, 4.69) is 0 Å². The lowest BCUT2D eigenvalue weighted by molar-refractivity contribution is 0.587. The van der Waals surface area contributed by atoms with Gasteiger partial charge in [-0.2, -0.15) is 5.26 Å². The molecule has 2 N–H and O–H groups in total. The van der Waals surface area contributed by atoms with E-state index in [4.69, 9.17) is 11.0 Å². The molecule has 0 bridgehead atoms. The van der Waals surface area contributed by atoms with Gasteiger partial charge in [-0.15, -0.1) is 0 Å². The molecular formula is C11H13N3O2S. The van der Waals surface area contributed by atoms with Crippen LogP contribution in [-0.4, -0.2) is 33.0 Å². The monoisotopic (exact) mass is 251 g/mol. The van der Waals surface area contributed by atoms with Crippen LogP contribution in [0.3, 0.4) is 0 Å². The van der Waals surface area contributed by atoms with Crippen LogP contribution in [0, 0.1) is 11.3 Å². The van der Waals surface area contributed by atoms with Crippen molar-refractivity contribution in [3.63, 3.8) is 0 Å². The van der Waals surface area contributed by atoms with Gasteiger partial charge in [-0.3, -0.25) is 0 Å². The number of nitrogens with two attached hydrogens (primary N) is 1. The lowest BCUT2D eigenvalue weighted by atomic mass is 10.1. The fourth-order valence-electron chi connectivity index (χ4n) is 1.84. The average Bonchev–Trinajstić information content (AvgIpc) is 2.30. The van der Waals surface area contributed by atoms with Crippen LogP contribution >= 0.6 is 0 Å². The highest BCUT2D eigenvalue weighted by Gasteiger charge is 2.22. The van der Waals surface area contributed by atoms with Crippen LogP contribution in [0.2, 0.25) is 0 Å². The van der Waals surface area contributed by atoms with Crippen LogP contribution in [0.1, 0.15) is 5.56 Å². The Balaban J connectivity index is 2.27. The molecule has 0 aromatic heterocycles. The van der Waals surface area contributed by atoms with E-state index >= 15 is 0 Å². The number of nitriles is 1. The van der Waals surface area contributed by atoms with Crippen molar-refractivity contribution in [1.82, 2.24) is 0 Å². The van der Waals surface area contributed by atoms with E-state index in [1.54, 1.807) is 18.2 Å². The second-order valence-corrected chi connectivity index (χ2v) is 6.33. The maximum atomic E-state index is 11.3. The Morgan fingerprint density at radius 3 is 2.53 bits per heavy atom. The predicted octanol–water partition coefficient (Wildman–Crippen LogP) is 0.375. The first-order chi connectivity index (χ1) is 8.02. The van der Waals surface area contributed by atoms with E-state index in [-0.39, 0.29) is 11.5 Å². The summed E-state index contributed by atoms with van der Waals surface area (Å²) in [6, 6.07) is 7.08. The molecule has 2 rings (SSSR count). The number of hydrogen-bond donors (Lipinski definition) is 1. The van der Waals surface area contributed by atoms with E-state index in [1.165, 1.54) is 0 Å². The zero-order valence-electron chi connectivity index (χ0n) is 9.26. The molecule has 1 fully saturated rings. The lowest BCUT2D eigenvalue weighted by Gasteiger charge is -2.29. The fraction of sp³-hybridized carbons (Fsp3) is 0.364. The quantitative estimate of drug-likeness (QED) is 0.729. The second-order valence-electron chi connectivity index (χ2n) is 4.02. The van der Waals surface area contributed by atoms with Crippen molar-refractivity contribution in [2.45, 2.75) is 0 Å². The number of nitrogen functional groups attached to an aromatic ring is 1. The molecule has 17 heavy (non-hydrogen) atoms. The van der Waals surface area contributed by atoms with Crippen LogP contribution in [0.25, 0.3) is 0 Å². The summed E-state index contributed by atoms with van der Waals surface area (Å²) in [6.07, 6.45) is 0. The molecule has 0 unspecified atom stereocenters. The Morgan fingerprint density at radius 1 is 1.29 bits per heavy atom. The van der Waals surface area contributed by atoms with Crippen molar-refractivity contribution in [1.29, 1.82) is 5.26 Å². The first-order valence-corrected chi connectivity index (χ1v) is 7.09. The molecule has 1 aliphatic rings. The normalized spacial score (nSPS) is 18.6. The van der Waals surface area contributed by atoms with Crippen molar-refractivity contribution in [3.8, 4) is 6.07 Å². The van der Waals surface area contributed by atoms with Gasteiger partial charge in [-0.1, -0.05) is 0 Å². The minimum atomic E-state index is -2.90. The molecular weight excluding hydrogens is 238 g/mol. The van der Waals surface area contributed by atoms with Gasteiger partial charge >= 0.3 is 0 Å². The molecule has 0 saturated carbocycles. The number of rotatable bonds is 1. The molecule has 1 saturated heterocycles. The molecule has 0 amide bonds. The smallest absolute Gasteiger partial charge is 0.153 e. The first kappa shape index (κ1) is 11.7. The van der Waals surface area contributed by atoms with E-state index < -0.39 is 9.84 Å². The molecule has 90 valence electrons. The summed E-state index contributed by atoms with van der Waals surface area (Å²) >= 11 is 0. The van der Waals surface area contributed by atoms with E-state index in [1.807, 2.05) is 11.0 Å². The summed E-state index contributed by atoms with van der Waals surface area (Å²) < 4.78 is 22.7. The minimum absolute atomic E-state index is 0.142. The summed E-state index contributed by atoms with van der Waals surface area (Å²) in [5, 5.41) is 8.83. The van der Waals surface area contributed by atoms with Gasteiger partial charge in [0, 0.05) is 13.1 Å². The Hall–Kier alpha value is -1.74. The van der Waals surface area contributed by atoms with Gasteiger partial charge in [0.05, 0.1) is 34.5 Å². The van der Waals surface area contributed by atoms with Crippen LogP contribution < -0.4 is 10.6 Å². The number of hydrogen-bond acceptors (Lipinski definition) is 5.